The highest BCUT2D eigenvalue weighted by Gasteiger charge is 2.25. The fraction of sp³-hybridized carbons (Fsp3) is 0.571. The van der Waals surface area contributed by atoms with Gasteiger partial charge in [-0.05, 0) is 43.9 Å². The molecule has 0 amide bonds. The van der Waals surface area contributed by atoms with Crippen LogP contribution in [0.5, 0.6) is 0 Å². The van der Waals surface area contributed by atoms with Crippen molar-refractivity contribution in [3.63, 3.8) is 0 Å². The zero-order valence-electron chi connectivity index (χ0n) is 12.0. The van der Waals surface area contributed by atoms with Crippen LogP contribution < -0.4 is 0 Å². The molecule has 0 heterocycles. The number of rotatable bonds is 6. The van der Waals surface area contributed by atoms with Gasteiger partial charge in [-0.25, -0.2) is 8.42 Å². The van der Waals surface area contributed by atoms with E-state index in [9.17, 15) is 8.42 Å². The lowest BCUT2D eigenvalue weighted by atomic mass is 10.2. The van der Waals surface area contributed by atoms with Crippen molar-refractivity contribution in [1.29, 1.82) is 0 Å². The lowest BCUT2D eigenvalue weighted by Crippen LogP contribution is -2.33. The van der Waals surface area contributed by atoms with Crippen molar-refractivity contribution in [1.82, 2.24) is 4.31 Å². The van der Waals surface area contributed by atoms with Crippen LogP contribution in [0.2, 0.25) is 0 Å². The number of hydrogen-bond donors (Lipinski definition) is 0. The third kappa shape index (κ3) is 3.80. The minimum Gasteiger partial charge on any atom is -0.207 e. The maximum Gasteiger partial charge on any atom is 0.243 e. The summed E-state index contributed by atoms with van der Waals surface area (Å²) in [6.45, 7) is 8.94. The maximum absolute atomic E-state index is 12.7. The van der Waals surface area contributed by atoms with Gasteiger partial charge in [0.2, 0.25) is 10.0 Å². The highest BCUT2D eigenvalue weighted by Crippen LogP contribution is 2.27. The number of aryl methyl sites for hydroxylation is 2. The van der Waals surface area contributed by atoms with Gasteiger partial charge in [-0.3, -0.25) is 0 Å². The molecule has 0 N–H and O–H groups in total. The van der Waals surface area contributed by atoms with E-state index in [1.807, 2.05) is 33.8 Å². The van der Waals surface area contributed by atoms with Crippen molar-refractivity contribution in [2.24, 2.45) is 0 Å². The highest BCUT2D eigenvalue weighted by atomic mass is 79.9. The van der Waals surface area contributed by atoms with Gasteiger partial charge in [0.15, 0.2) is 0 Å². The lowest BCUT2D eigenvalue weighted by molar-refractivity contribution is 0.409. The molecule has 0 atom stereocenters. The molecule has 0 aromatic heterocycles. The number of sulfonamides is 1. The Bertz CT molecular complexity index is 535. The van der Waals surface area contributed by atoms with E-state index in [0.717, 1.165) is 28.4 Å². The molecule has 0 fully saturated rings. The van der Waals surface area contributed by atoms with Crippen LogP contribution >= 0.6 is 15.9 Å². The Balaban J connectivity index is 3.28. The fourth-order valence-corrected chi connectivity index (χ4v) is 4.43. The summed E-state index contributed by atoms with van der Waals surface area (Å²) in [6, 6.07) is 3.63. The summed E-state index contributed by atoms with van der Waals surface area (Å²) in [6.07, 6.45) is 1.65. The molecule has 0 radical (unpaired) electrons. The van der Waals surface area contributed by atoms with Crippen LogP contribution in [0, 0.1) is 13.8 Å². The first-order valence-corrected chi connectivity index (χ1v) is 8.84. The normalized spacial score (nSPS) is 12.1. The van der Waals surface area contributed by atoms with Gasteiger partial charge in [0.05, 0.1) is 4.90 Å². The molecule has 0 aliphatic rings. The van der Waals surface area contributed by atoms with Crippen molar-refractivity contribution < 1.29 is 8.42 Å². The zero-order valence-corrected chi connectivity index (χ0v) is 14.4. The number of halogens is 1. The van der Waals surface area contributed by atoms with Gasteiger partial charge in [0.1, 0.15) is 0 Å². The van der Waals surface area contributed by atoms with Crippen molar-refractivity contribution in [2.45, 2.75) is 45.4 Å². The summed E-state index contributed by atoms with van der Waals surface area (Å²) in [5, 5.41) is 0. The van der Waals surface area contributed by atoms with E-state index in [-0.39, 0.29) is 0 Å². The van der Waals surface area contributed by atoms with Crippen LogP contribution in [-0.4, -0.2) is 25.8 Å². The quantitative estimate of drug-likeness (QED) is 0.782. The predicted molar refractivity (Wildman–Crippen MR) is 83.0 cm³/mol. The summed E-state index contributed by atoms with van der Waals surface area (Å²) in [7, 11) is -3.39. The van der Waals surface area contributed by atoms with Gasteiger partial charge >= 0.3 is 0 Å². The molecule has 0 unspecified atom stereocenters. The molecule has 0 spiro atoms. The van der Waals surface area contributed by atoms with Crippen molar-refractivity contribution in [3.8, 4) is 0 Å². The SMILES string of the molecule is CCCN(CCC)S(=O)(=O)c1cc(Br)c(C)cc1C. The molecule has 0 saturated heterocycles. The average Bonchev–Trinajstić information content (AvgIpc) is 2.33. The van der Waals surface area contributed by atoms with E-state index < -0.39 is 10.0 Å². The van der Waals surface area contributed by atoms with Crippen LogP contribution in [0.15, 0.2) is 21.5 Å². The van der Waals surface area contributed by atoms with Crippen molar-refractivity contribution >= 4 is 26.0 Å². The third-order valence-electron chi connectivity index (χ3n) is 3.02. The van der Waals surface area contributed by atoms with Gasteiger partial charge in [0, 0.05) is 17.6 Å². The van der Waals surface area contributed by atoms with Gasteiger partial charge in [-0.15, -0.1) is 0 Å². The summed E-state index contributed by atoms with van der Waals surface area (Å²) >= 11 is 3.42. The molecular weight excluding hydrogens is 326 g/mol. The smallest absolute Gasteiger partial charge is 0.207 e. The first-order valence-electron chi connectivity index (χ1n) is 6.61. The first kappa shape index (κ1) is 16.7. The monoisotopic (exact) mass is 347 g/mol. The third-order valence-corrected chi connectivity index (χ3v) is 5.92. The predicted octanol–water partition coefficient (Wildman–Crippen LogP) is 3.88. The Morgan fingerprint density at radius 2 is 1.58 bits per heavy atom. The van der Waals surface area contributed by atoms with Gasteiger partial charge in [0.25, 0.3) is 0 Å². The number of nitrogens with zero attached hydrogens (tertiary/aromatic N) is 1. The number of hydrogen-bond acceptors (Lipinski definition) is 2. The summed E-state index contributed by atoms with van der Waals surface area (Å²) in [5.74, 6) is 0. The van der Waals surface area contributed by atoms with E-state index in [1.54, 1.807) is 10.4 Å². The molecule has 108 valence electrons. The maximum atomic E-state index is 12.7. The van der Waals surface area contributed by atoms with E-state index in [1.165, 1.54) is 0 Å². The Hall–Kier alpha value is -0.390. The molecule has 19 heavy (non-hydrogen) atoms. The molecule has 0 aliphatic carbocycles. The second-order valence-corrected chi connectivity index (χ2v) is 7.53. The Labute approximate surface area is 125 Å². The van der Waals surface area contributed by atoms with Gasteiger partial charge in [-0.1, -0.05) is 35.8 Å². The molecule has 5 heteroatoms. The molecule has 0 aliphatic heterocycles. The minimum absolute atomic E-state index is 0.409. The second-order valence-electron chi connectivity index (χ2n) is 4.77. The Kier molecular flexibility index (Phi) is 6.02. The standard InChI is InChI=1S/C14H22BrNO2S/c1-5-7-16(8-6-2)19(17,18)14-10-13(15)11(3)9-12(14)4/h9-10H,5-8H2,1-4H3. The molecule has 0 saturated carbocycles. The lowest BCUT2D eigenvalue weighted by Gasteiger charge is -2.22. The zero-order chi connectivity index (χ0) is 14.6. The minimum atomic E-state index is -3.39. The van der Waals surface area contributed by atoms with Gasteiger partial charge < -0.3 is 0 Å². The summed E-state index contributed by atoms with van der Waals surface area (Å²) in [4.78, 5) is 0.409. The van der Waals surface area contributed by atoms with E-state index in [4.69, 9.17) is 0 Å². The van der Waals surface area contributed by atoms with Crippen molar-refractivity contribution in [3.05, 3.63) is 27.7 Å². The topological polar surface area (TPSA) is 37.4 Å². The molecule has 3 nitrogen and oxygen atoms in total. The van der Waals surface area contributed by atoms with E-state index in [0.29, 0.717) is 18.0 Å². The Morgan fingerprint density at radius 1 is 1.05 bits per heavy atom. The van der Waals surface area contributed by atoms with Crippen molar-refractivity contribution in [2.75, 3.05) is 13.1 Å². The first-order chi connectivity index (χ1) is 8.84. The van der Waals surface area contributed by atoms with Gasteiger partial charge in [-0.2, -0.15) is 4.31 Å². The van der Waals surface area contributed by atoms with Crippen LogP contribution in [0.3, 0.4) is 0 Å². The van der Waals surface area contributed by atoms with Crippen LogP contribution in [0.1, 0.15) is 37.8 Å². The highest BCUT2D eigenvalue weighted by molar-refractivity contribution is 9.10. The summed E-state index contributed by atoms with van der Waals surface area (Å²) in [5.41, 5.74) is 1.85. The molecular formula is C14H22BrNO2S. The number of benzene rings is 1. The molecule has 0 bridgehead atoms. The Morgan fingerprint density at radius 3 is 2.05 bits per heavy atom. The van der Waals surface area contributed by atoms with Crippen LogP contribution in [-0.2, 0) is 10.0 Å². The molecule has 1 rings (SSSR count). The molecule has 1 aromatic carbocycles. The largest absolute Gasteiger partial charge is 0.243 e. The fourth-order valence-electron chi connectivity index (χ4n) is 2.08. The van der Waals surface area contributed by atoms with E-state index >= 15 is 0 Å². The second kappa shape index (κ2) is 6.86. The van der Waals surface area contributed by atoms with Crippen LogP contribution in [0.4, 0.5) is 0 Å². The molecule has 1 aromatic rings. The van der Waals surface area contributed by atoms with Crippen LogP contribution in [0.25, 0.3) is 0 Å². The average molecular weight is 348 g/mol. The summed E-state index contributed by atoms with van der Waals surface area (Å²) < 4.78 is 27.8. The van der Waals surface area contributed by atoms with E-state index in [2.05, 4.69) is 15.9 Å².